The third-order valence-corrected chi connectivity index (χ3v) is 15.2. The highest BCUT2D eigenvalue weighted by Gasteiger charge is 2.50. The van der Waals surface area contributed by atoms with Crippen LogP contribution in [0, 0.1) is 0 Å². The van der Waals surface area contributed by atoms with Gasteiger partial charge in [-0.15, -0.1) is 0 Å². The molecule has 1 saturated heterocycles. The Morgan fingerprint density at radius 3 is 1.13 bits per heavy atom. The van der Waals surface area contributed by atoms with Crippen molar-refractivity contribution in [1.29, 1.82) is 0 Å². The van der Waals surface area contributed by atoms with Crippen LogP contribution in [0.4, 0.5) is 0 Å². The molecule has 12 heteroatoms. The Morgan fingerprint density at radius 2 is 0.723 bits per heavy atom. The van der Waals surface area contributed by atoms with Gasteiger partial charge in [0.2, 0.25) is 0 Å². The lowest BCUT2D eigenvalue weighted by Crippen LogP contribution is -2.61. The van der Waals surface area contributed by atoms with Gasteiger partial charge >= 0.3 is 23.9 Å². The number of carboxylic acids is 1. The quantitative estimate of drug-likeness (QED) is 0.0228. The molecule has 83 heavy (non-hydrogen) atoms. The molecule has 1 aliphatic heterocycles. The maximum atomic E-state index is 13.2. The first-order valence-electron chi connectivity index (χ1n) is 33.9. The summed E-state index contributed by atoms with van der Waals surface area (Å²) in [5, 5.41) is 31.6. The minimum Gasteiger partial charge on any atom is -0.479 e. The van der Waals surface area contributed by atoms with E-state index in [1.807, 2.05) is 0 Å². The van der Waals surface area contributed by atoms with E-state index in [0.717, 1.165) is 122 Å². The molecule has 6 atom stereocenters. The zero-order valence-electron chi connectivity index (χ0n) is 52.9. The van der Waals surface area contributed by atoms with E-state index in [2.05, 4.69) is 93.7 Å². The normalized spacial score (nSPS) is 18.0. The molecule has 0 spiro atoms. The summed E-state index contributed by atoms with van der Waals surface area (Å²) in [6.07, 6.45) is 62.7. The van der Waals surface area contributed by atoms with Crippen molar-refractivity contribution in [1.82, 2.24) is 0 Å². The van der Waals surface area contributed by atoms with Gasteiger partial charge in [-0.25, -0.2) is 4.79 Å². The maximum Gasteiger partial charge on any atom is 0.335 e. The molecule has 0 saturated carbocycles. The third-order valence-electron chi connectivity index (χ3n) is 15.2. The van der Waals surface area contributed by atoms with Crippen LogP contribution in [0.5, 0.6) is 0 Å². The fourth-order valence-corrected chi connectivity index (χ4v) is 9.99. The molecule has 0 aromatic rings. The summed E-state index contributed by atoms with van der Waals surface area (Å²) in [7, 11) is 0. The van der Waals surface area contributed by atoms with Crippen molar-refractivity contribution in [2.24, 2.45) is 0 Å². The van der Waals surface area contributed by atoms with Crippen molar-refractivity contribution in [3.05, 3.63) is 72.9 Å². The molecular formula is C71H122O12. The number of hydrogen-bond acceptors (Lipinski definition) is 11. The molecule has 1 fully saturated rings. The molecule has 0 amide bonds. The van der Waals surface area contributed by atoms with Crippen LogP contribution in [-0.4, -0.2) is 89.2 Å². The number of carbonyl (C=O) groups is 4. The van der Waals surface area contributed by atoms with Crippen molar-refractivity contribution >= 4 is 23.9 Å². The van der Waals surface area contributed by atoms with Crippen LogP contribution in [0.3, 0.4) is 0 Å². The minimum absolute atomic E-state index is 0.0437. The van der Waals surface area contributed by atoms with Crippen LogP contribution in [0.2, 0.25) is 0 Å². The second-order valence-corrected chi connectivity index (χ2v) is 23.1. The predicted octanol–water partition coefficient (Wildman–Crippen LogP) is 18.5. The summed E-state index contributed by atoms with van der Waals surface area (Å²) in [5.41, 5.74) is 0. The van der Waals surface area contributed by atoms with Crippen LogP contribution in [0.25, 0.3) is 0 Å². The zero-order valence-corrected chi connectivity index (χ0v) is 52.9. The second kappa shape index (κ2) is 58.5. The SMILES string of the molecule is CCCCC/C=C\C/C=C\C/C=C\CCCCCCCCC(=O)OC1C(OCC(COC(=O)CCCCCCCCC/C=C\C/C=C\CCCCC)OC(=O)CCCCCCCCC/C=C\CCCCCCCC)OC(C(=O)O)C(O)C1O. The van der Waals surface area contributed by atoms with Crippen LogP contribution >= 0.6 is 0 Å². The fraction of sp³-hybridized carbons (Fsp3) is 0.775. The van der Waals surface area contributed by atoms with E-state index in [4.69, 9.17) is 23.7 Å². The number of allylic oxidation sites excluding steroid dienone is 12. The van der Waals surface area contributed by atoms with Crippen molar-refractivity contribution in [2.45, 2.75) is 340 Å². The summed E-state index contributed by atoms with van der Waals surface area (Å²) in [6, 6.07) is 0. The predicted molar refractivity (Wildman–Crippen MR) is 340 cm³/mol. The Hall–Kier alpha value is -3.84. The Bertz CT molecular complexity index is 1720. The summed E-state index contributed by atoms with van der Waals surface area (Å²) in [4.78, 5) is 51.4. The third kappa shape index (κ3) is 48.0. The highest BCUT2D eigenvalue weighted by atomic mass is 16.7. The summed E-state index contributed by atoms with van der Waals surface area (Å²) in [6.45, 7) is 5.96. The van der Waals surface area contributed by atoms with E-state index in [1.54, 1.807) is 0 Å². The van der Waals surface area contributed by atoms with E-state index in [1.165, 1.54) is 122 Å². The highest BCUT2D eigenvalue weighted by Crippen LogP contribution is 2.27. The summed E-state index contributed by atoms with van der Waals surface area (Å²) < 4.78 is 28.6. The van der Waals surface area contributed by atoms with Crippen molar-refractivity contribution < 1.29 is 58.2 Å². The molecule has 0 bridgehead atoms. The van der Waals surface area contributed by atoms with Gasteiger partial charge in [0.25, 0.3) is 0 Å². The first-order valence-corrected chi connectivity index (χ1v) is 33.9. The molecule has 0 aromatic carbocycles. The van der Waals surface area contributed by atoms with E-state index in [0.29, 0.717) is 19.3 Å². The first kappa shape index (κ1) is 77.2. The van der Waals surface area contributed by atoms with Crippen LogP contribution < -0.4 is 0 Å². The van der Waals surface area contributed by atoms with Crippen LogP contribution in [-0.2, 0) is 42.9 Å². The Balaban J connectivity index is 2.66. The van der Waals surface area contributed by atoms with E-state index in [9.17, 15) is 34.5 Å². The van der Waals surface area contributed by atoms with Crippen molar-refractivity contribution in [3.8, 4) is 0 Å². The molecule has 6 unspecified atom stereocenters. The fourth-order valence-electron chi connectivity index (χ4n) is 9.99. The van der Waals surface area contributed by atoms with Crippen molar-refractivity contribution in [3.63, 3.8) is 0 Å². The number of aliphatic carboxylic acids is 1. The van der Waals surface area contributed by atoms with E-state index >= 15 is 0 Å². The zero-order chi connectivity index (χ0) is 60.3. The molecule has 478 valence electrons. The van der Waals surface area contributed by atoms with Crippen LogP contribution in [0.15, 0.2) is 72.9 Å². The highest BCUT2D eigenvalue weighted by molar-refractivity contribution is 5.74. The minimum atomic E-state index is -1.91. The largest absolute Gasteiger partial charge is 0.479 e. The number of ether oxygens (including phenoxy) is 5. The second-order valence-electron chi connectivity index (χ2n) is 23.1. The van der Waals surface area contributed by atoms with Gasteiger partial charge in [-0.3, -0.25) is 14.4 Å². The number of aliphatic hydroxyl groups is 2. The molecule has 1 aliphatic rings. The van der Waals surface area contributed by atoms with Gasteiger partial charge in [-0.1, -0.05) is 241 Å². The Morgan fingerprint density at radius 1 is 0.398 bits per heavy atom. The molecule has 3 N–H and O–H groups in total. The molecule has 0 aliphatic carbocycles. The van der Waals surface area contributed by atoms with Gasteiger partial charge in [-0.2, -0.15) is 0 Å². The van der Waals surface area contributed by atoms with Gasteiger partial charge in [0.05, 0.1) is 6.61 Å². The number of hydrogen-bond donors (Lipinski definition) is 3. The number of esters is 3. The lowest BCUT2D eigenvalue weighted by molar-refractivity contribution is -0.301. The smallest absolute Gasteiger partial charge is 0.335 e. The first-order chi connectivity index (χ1) is 40.6. The molecular weight excluding hydrogens is 1040 g/mol. The molecule has 0 radical (unpaired) electrons. The average molecular weight is 1170 g/mol. The monoisotopic (exact) mass is 1170 g/mol. The average Bonchev–Trinajstić information content (AvgIpc) is 3.55. The van der Waals surface area contributed by atoms with Gasteiger partial charge in [0.1, 0.15) is 18.8 Å². The number of rotatable bonds is 58. The number of carboxylic acid groups (broad SMARTS) is 1. The molecule has 12 nitrogen and oxygen atoms in total. The number of carbonyl (C=O) groups excluding carboxylic acids is 3. The van der Waals surface area contributed by atoms with Gasteiger partial charge in [0.15, 0.2) is 24.6 Å². The Labute approximate surface area is 506 Å². The van der Waals surface area contributed by atoms with Gasteiger partial charge < -0.3 is 39.0 Å². The van der Waals surface area contributed by atoms with Gasteiger partial charge in [0, 0.05) is 19.3 Å². The molecule has 1 heterocycles. The number of unbranched alkanes of at least 4 members (excludes halogenated alkanes) is 32. The molecule has 1 rings (SSSR count). The van der Waals surface area contributed by atoms with E-state index in [-0.39, 0.29) is 25.9 Å². The summed E-state index contributed by atoms with van der Waals surface area (Å²) >= 11 is 0. The number of aliphatic hydroxyl groups excluding tert-OH is 2. The van der Waals surface area contributed by atoms with Crippen molar-refractivity contribution in [2.75, 3.05) is 13.2 Å². The van der Waals surface area contributed by atoms with Gasteiger partial charge in [-0.05, 0) is 116 Å². The maximum absolute atomic E-state index is 13.2. The Kier molecular flexibility index (Phi) is 54.4. The lowest BCUT2D eigenvalue weighted by atomic mass is 9.98. The van der Waals surface area contributed by atoms with E-state index < -0.39 is 67.3 Å². The standard InChI is InChI=1S/C71H122O12/c1-4-7-10-13-16-19-22-25-28-31-32-35-38-41-44-47-50-53-56-59-65(74)82-69-67(76)66(75)68(70(77)78)83-71(69)80-61-62(81-64(73)58-55-52-49-46-43-40-37-34-30-27-24-21-18-15-12-9-6-3)60-79-63(72)57-54-51-48-45-42-39-36-33-29-26-23-20-17-14-11-8-5-2/h16-17,19-20,25-30,32,35,62,66-69,71,75-76H,4-15,18,21-24,31,33-34,36-61H2,1-3H3,(H,77,78)/b19-16-,20-17-,28-25-,29-26-,30-27-,35-32-. The summed E-state index contributed by atoms with van der Waals surface area (Å²) in [5.74, 6) is -3.14. The lowest BCUT2D eigenvalue weighted by Gasteiger charge is -2.40. The topological polar surface area (TPSA) is 175 Å². The van der Waals surface area contributed by atoms with Crippen LogP contribution in [0.1, 0.15) is 303 Å². The molecule has 0 aromatic heterocycles.